The van der Waals surface area contributed by atoms with Gasteiger partial charge in [-0.25, -0.2) is 0 Å². The van der Waals surface area contributed by atoms with Crippen molar-refractivity contribution in [2.45, 2.75) is 70.9 Å². The minimum atomic E-state index is -1.01. The van der Waals surface area contributed by atoms with E-state index in [4.69, 9.17) is 0 Å². The van der Waals surface area contributed by atoms with E-state index in [2.05, 4.69) is 6.92 Å². The molecule has 4 nitrogen and oxygen atoms in total. The van der Waals surface area contributed by atoms with Gasteiger partial charge in [0.2, 0.25) is 0 Å². The molecule has 1 N–H and O–H groups in total. The highest BCUT2D eigenvalue weighted by atomic mass is 16.4. The number of likely N-dealkylation sites (N-methyl/N-ethyl adjacent to an activating group) is 1. The van der Waals surface area contributed by atoms with Gasteiger partial charge in [-0.15, -0.1) is 0 Å². The topological polar surface area (TPSA) is 60.4 Å². The van der Waals surface area contributed by atoms with Crippen LogP contribution < -0.4 is 5.11 Å². The molecule has 4 heteroatoms. The highest BCUT2D eigenvalue weighted by Gasteiger charge is 2.30. The monoisotopic (exact) mass is 273 g/mol. The number of quaternary nitrogens is 1. The van der Waals surface area contributed by atoms with Crippen LogP contribution in [0.2, 0.25) is 0 Å². The number of unbranched alkanes of at least 4 members (excludes halogenated alkanes) is 3. The number of carboxylic acids is 1. The minimum Gasteiger partial charge on any atom is -0.544 e. The molecule has 0 aliphatic carbocycles. The summed E-state index contributed by atoms with van der Waals surface area (Å²) < 4.78 is 0.297. The van der Waals surface area contributed by atoms with Crippen LogP contribution in [0.15, 0.2) is 0 Å². The summed E-state index contributed by atoms with van der Waals surface area (Å²) in [4.78, 5) is 11.2. The molecule has 0 aliphatic rings. The average Bonchev–Trinajstić information content (AvgIpc) is 2.30. The third kappa shape index (κ3) is 7.53. The number of hydrogen-bond acceptors (Lipinski definition) is 3. The molecule has 2 atom stereocenters. The number of aliphatic hydroxyl groups is 1. The zero-order valence-electron chi connectivity index (χ0n) is 13.0. The van der Waals surface area contributed by atoms with E-state index in [1.807, 2.05) is 21.0 Å². The van der Waals surface area contributed by atoms with Crippen molar-refractivity contribution in [2.24, 2.45) is 0 Å². The molecular weight excluding hydrogens is 242 g/mol. The van der Waals surface area contributed by atoms with E-state index < -0.39 is 18.1 Å². The number of rotatable bonds is 11. The molecule has 0 amide bonds. The summed E-state index contributed by atoms with van der Waals surface area (Å²) in [5.41, 5.74) is 0. The van der Waals surface area contributed by atoms with Gasteiger partial charge in [0.25, 0.3) is 0 Å². The van der Waals surface area contributed by atoms with E-state index in [9.17, 15) is 15.0 Å². The molecule has 114 valence electrons. The number of carboxylic acid groups (broad SMARTS) is 1. The summed E-state index contributed by atoms with van der Waals surface area (Å²) in [7, 11) is 3.73. The van der Waals surface area contributed by atoms with Crippen molar-refractivity contribution in [1.29, 1.82) is 0 Å². The Labute approximate surface area is 118 Å². The number of aliphatic carboxylic acids is 1. The first-order chi connectivity index (χ1) is 8.85. The van der Waals surface area contributed by atoms with Gasteiger partial charge >= 0.3 is 0 Å². The quantitative estimate of drug-likeness (QED) is 0.456. The maximum atomic E-state index is 11.2. The summed E-state index contributed by atoms with van der Waals surface area (Å²) in [6.07, 6.45) is 6.27. The molecule has 0 fully saturated rings. The summed E-state index contributed by atoms with van der Waals surface area (Å²) in [6, 6.07) is -0.532. The van der Waals surface area contributed by atoms with Crippen molar-refractivity contribution in [3.05, 3.63) is 0 Å². The second kappa shape index (κ2) is 9.32. The van der Waals surface area contributed by atoms with Crippen molar-refractivity contribution in [2.75, 3.05) is 20.6 Å². The zero-order valence-corrected chi connectivity index (χ0v) is 13.0. The van der Waals surface area contributed by atoms with Gasteiger partial charge in [-0.2, -0.15) is 0 Å². The number of aliphatic hydroxyl groups excluding tert-OH is 1. The van der Waals surface area contributed by atoms with Gasteiger partial charge in [-0.3, -0.25) is 0 Å². The van der Waals surface area contributed by atoms with E-state index in [0.717, 1.165) is 25.7 Å². The lowest BCUT2D eigenvalue weighted by atomic mass is 10.0. The van der Waals surface area contributed by atoms with Gasteiger partial charge in [0.1, 0.15) is 18.7 Å². The van der Waals surface area contributed by atoms with E-state index in [-0.39, 0.29) is 0 Å². The molecule has 0 heterocycles. The number of carbonyl (C=O) groups is 1. The molecule has 0 bridgehead atoms. The van der Waals surface area contributed by atoms with E-state index in [1.165, 1.54) is 12.8 Å². The standard InChI is InChI=1S/C15H31NO3/c1-5-7-8-9-11-13(17)12-16(3,4)14(10-6-2)15(18)19/h13-14,17H,5-12H2,1-4H3. The first kappa shape index (κ1) is 18.4. The molecule has 2 unspecified atom stereocenters. The molecule has 0 aromatic carbocycles. The SMILES string of the molecule is CCCCCCC(O)C[N+](C)(C)C(CCC)C(=O)[O-]. The van der Waals surface area contributed by atoms with E-state index >= 15 is 0 Å². The third-order valence-corrected chi connectivity index (χ3v) is 3.75. The van der Waals surface area contributed by atoms with Crippen LogP contribution in [0.5, 0.6) is 0 Å². The molecule has 0 aliphatic heterocycles. The molecule has 0 saturated heterocycles. The largest absolute Gasteiger partial charge is 0.544 e. The fourth-order valence-electron chi connectivity index (χ4n) is 2.59. The Morgan fingerprint density at radius 2 is 1.74 bits per heavy atom. The summed E-state index contributed by atoms with van der Waals surface area (Å²) in [5.74, 6) is -1.01. The molecule has 19 heavy (non-hydrogen) atoms. The van der Waals surface area contributed by atoms with Gasteiger partial charge in [-0.1, -0.05) is 46.0 Å². The molecular formula is C15H31NO3. The summed E-state index contributed by atoms with van der Waals surface area (Å²) in [6.45, 7) is 4.60. The lowest BCUT2D eigenvalue weighted by Gasteiger charge is -2.39. The first-order valence-electron chi connectivity index (χ1n) is 7.56. The van der Waals surface area contributed by atoms with Gasteiger partial charge < -0.3 is 19.5 Å². The van der Waals surface area contributed by atoms with Gasteiger partial charge in [0.05, 0.1) is 20.1 Å². The van der Waals surface area contributed by atoms with E-state index in [0.29, 0.717) is 17.4 Å². The van der Waals surface area contributed by atoms with Crippen LogP contribution in [0.4, 0.5) is 0 Å². The first-order valence-corrected chi connectivity index (χ1v) is 7.56. The Bertz CT molecular complexity index is 254. The lowest BCUT2D eigenvalue weighted by molar-refractivity contribution is -0.911. The Morgan fingerprint density at radius 3 is 2.21 bits per heavy atom. The van der Waals surface area contributed by atoms with Gasteiger partial charge in [-0.05, 0) is 6.42 Å². The van der Waals surface area contributed by atoms with Crippen LogP contribution in [0.3, 0.4) is 0 Å². The highest BCUT2D eigenvalue weighted by Crippen LogP contribution is 2.16. The molecule has 0 saturated carbocycles. The fraction of sp³-hybridized carbons (Fsp3) is 0.933. The van der Waals surface area contributed by atoms with Crippen molar-refractivity contribution in [1.82, 2.24) is 0 Å². The maximum absolute atomic E-state index is 11.2. The lowest BCUT2D eigenvalue weighted by Crippen LogP contribution is -2.59. The average molecular weight is 273 g/mol. The van der Waals surface area contributed by atoms with Crippen molar-refractivity contribution in [3.8, 4) is 0 Å². The van der Waals surface area contributed by atoms with Crippen LogP contribution in [0.1, 0.15) is 58.8 Å². The smallest absolute Gasteiger partial charge is 0.129 e. The molecule has 0 spiro atoms. The van der Waals surface area contributed by atoms with Crippen LogP contribution in [0.25, 0.3) is 0 Å². The van der Waals surface area contributed by atoms with Crippen molar-refractivity contribution >= 4 is 5.97 Å². The number of carbonyl (C=O) groups excluding carboxylic acids is 1. The minimum absolute atomic E-state index is 0.297. The zero-order chi connectivity index (χ0) is 14.9. The highest BCUT2D eigenvalue weighted by molar-refractivity contribution is 5.69. The second-order valence-electron chi connectivity index (χ2n) is 6.09. The van der Waals surface area contributed by atoms with Crippen LogP contribution >= 0.6 is 0 Å². The van der Waals surface area contributed by atoms with Crippen LogP contribution in [-0.2, 0) is 4.79 Å². The van der Waals surface area contributed by atoms with Crippen LogP contribution in [-0.4, -0.2) is 48.3 Å². The van der Waals surface area contributed by atoms with Gasteiger partial charge in [0, 0.05) is 6.42 Å². The molecule has 0 aromatic heterocycles. The van der Waals surface area contributed by atoms with Crippen molar-refractivity contribution < 1.29 is 19.5 Å². The fourth-order valence-corrected chi connectivity index (χ4v) is 2.59. The summed E-state index contributed by atoms with van der Waals surface area (Å²) in [5, 5.41) is 21.3. The Morgan fingerprint density at radius 1 is 1.11 bits per heavy atom. The summed E-state index contributed by atoms with van der Waals surface area (Å²) >= 11 is 0. The normalized spacial score (nSPS) is 15.2. The molecule has 0 aromatic rings. The van der Waals surface area contributed by atoms with Crippen molar-refractivity contribution in [3.63, 3.8) is 0 Å². The van der Waals surface area contributed by atoms with Crippen LogP contribution in [0, 0.1) is 0 Å². The maximum Gasteiger partial charge on any atom is 0.129 e. The number of nitrogens with zero attached hydrogens (tertiary/aromatic N) is 1. The van der Waals surface area contributed by atoms with Gasteiger partial charge in [0.15, 0.2) is 0 Å². The molecule has 0 radical (unpaired) electrons. The second-order valence-corrected chi connectivity index (χ2v) is 6.09. The Balaban J connectivity index is 4.27. The predicted molar refractivity (Wildman–Crippen MR) is 75.4 cm³/mol. The third-order valence-electron chi connectivity index (χ3n) is 3.75. The Kier molecular flexibility index (Phi) is 9.02. The van der Waals surface area contributed by atoms with E-state index in [1.54, 1.807) is 0 Å². The molecule has 0 rings (SSSR count). The number of hydrogen-bond donors (Lipinski definition) is 1. The Hall–Kier alpha value is -0.610. The predicted octanol–water partition coefficient (Wildman–Crippen LogP) is 1.31.